The molecule has 0 saturated heterocycles. The molecule has 18 heavy (non-hydrogen) atoms. The van der Waals surface area contributed by atoms with Gasteiger partial charge >= 0.3 is 0 Å². The maximum atomic E-state index is 3.99. The number of aromatic nitrogens is 1. The molecule has 0 aliphatic rings. The fraction of sp³-hybridized carbons (Fsp3) is 0.0588. The monoisotopic (exact) mass is 233 g/mol. The van der Waals surface area contributed by atoms with E-state index in [1.165, 1.54) is 22.0 Å². The Balaban J connectivity index is 2.15. The Labute approximate surface area is 107 Å². The van der Waals surface area contributed by atoms with Crippen molar-refractivity contribution in [3.8, 4) is 0 Å². The molecule has 0 unspecified atom stereocenters. The van der Waals surface area contributed by atoms with Gasteiger partial charge in [0.15, 0.2) is 0 Å². The average molecular weight is 233 g/mol. The lowest BCUT2D eigenvalue weighted by Crippen LogP contribution is -1.95. The molecule has 0 amide bonds. The summed E-state index contributed by atoms with van der Waals surface area (Å²) in [6, 6.07) is 18.9. The van der Waals surface area contributed by atoms with Crippen LogP contribution in [0.5, 0.6) is 0 Å². The summed E-state index contributed by atoms with van der Waals surface area (Å²) in [6.07, 6.45) is 4.09. The summed E-state index contributed by atoms with van der Waals surface area (Å²) in [5.41, 5.74) is 3.74. The predicted molar refractivity (Wildman–Crippen MR) is 76.8 cm³/mol. The molecule has 0 radical (unpaired) electrons. The molecular formula is C17H15N. The van der Waals surface area contributed by atoms with E-state index in [1.807, 2.05) is 18.2 Å². The van der Waals surface area contributed by atoms with Crippen molar-refractivity contribution in [2.75, 3.05) is 0 Å². The van der Waals surface area contributed by atoms with Crippen molar-refractivity contribution in [2.45, 2.75) is 5.92 Å². The van der Waals surface area contributed by atoms with Gasteiger partial charge in [-0.1, -0.05) is 54.6 Å². The summed E-state index contributed by atoms with van der Waals surface area (Å²) in [5.74, 6) is 0.238. The number of fused-ring (bicyclic) bond motifs is 1. The summed E-state index contributed by atoms with van der Waals surface area (Å²) in [7, 11) is 0. The number of aromatic amines is 1. The highest BCUT2D eigenvalue weighted by atomic mass is 14.7. The zero-order chi connectivity index (χ0) is 12.4. The second-order valence-electron chi connectivity index (χ2n) is 4.41. The van der Waals surface area contributed by atoms with Crippen LogP contribution >= 0.6 is 0 Å². The molecule has 0 fully saturated rings. The van der Waals surface area contributed by atoms with Crippen LogP contribution in [0.3, 0.4) is 0 Å². The van der Waals surface area contributed by atoms with Gasteiger partial charge in [0.05, 0.1) is 0 Å². The molecule has 1 N–H and O–H groups in total. The maximum absolute atomic E-state index is 3.99. The molecule has 2 aromatic carbocycles. The molecule has 3 rings (SSSR count). The van der Waals surface area contributed by atoms with Crippen LogP contribution in [0.15, 0.2) is 73.4 Å². The summed E-state index contributed by atoms with van der Waals surface area (Å²) >= 11 is 0. The van der Waals surface area contributed by atoms with Gasteiger partial charge in [0, 0.05) is 23.0 Å². The molecule has 0 spiro atoms. The topological polar surface area (TPSA) is 15.8 Å². The van der Waals surface area contributed by atoms with E-state index >= 15 is 0 Å². The molecule has 0 saturated carbocycles. The van der Waals surface area contributed by atoms with Crippen LogP contribution in [0.2, 0.25) is 0 Å². The largest absolute Gasteiger partial charge is 0.361 e. The number of H-pyrrole nitrogens is 1. The van der Waals surface area contributed by atoms with E-state index in [0.717, 1.165) is 0 Å². The summed E-state index contributed by atoms with van der Waals surface area (Å²) in [5, 5.41) is 1.27. The fourth-order valence-corrected chi connectivity index (χ4v) is 2.45. The smallest absolute Gasteiger partial charge is 0.0457 e. The molecule has 1 heterocycles. The lowest BCUT2D eigenvalue weighted by molar-refractivity contribution is 1.04. The summed E-state index contributed by atoms with van der Waals surface area (Å²) in [4.78, 5) is 3.32. The van der Waals surface area contributed by atoms with Crippen LogP contribution < -0.4 is 0 Å². The number of hydrogen-bond donors (Lipinski definition) is 1. The van der Waals surface area contributed by atoms with Crippen molar-refractivity contribution in [1.82, 2.24) is 4.98 Å². The molecule has 3 aromatic rings. The number of para-hydroxylation sites is 1. The molecular weight excluding hydrogens is 218 g/mol. The number of benzene rings is 2. The Morgan fingerprint density at radius 2 is 1.67 bits per heavy atom. The van der Waals surface area contributed by atoms with Crippen molar-refractivity contribution >= 4 is 10.9 Å². The number of nitrogens with one attached hydrogen (secondary N) is 1. The van der Waals surface area contributed by atoms with Gasteiger partial charge in [0.2, 0.25) is 0 Å². The van der Waals surface area contributed by atoms with Crippen LogP contribution in [0.4, 0.5) is 0 Å². The molecule has 88 valence electrons. The second-order valence-corrected chi connectivity index (χ2v) is 4.41. The first-order valence-corrected chi connectivity index (χ1v) is 6.13. The van der Waals surface area contributed by atoms with Gasteiger partial charge in [-0.05, 0) is 17.2 Å². The second kappa shape index (κ2) is 4.53. The van der Waals surface area contributed by atoms with E-state index in [0.29, 0.717) is 0 Å². The Morgan fingerprint density at radius 1 is 0.944 bits per heavy atom. The zero-order valence-corrected chi connectivity index (χ0v) is 10.1. The Kier molecular flexibility index (Phi) is 2.73. The van der Waals surface area contributed by atoms with Crippen molar-refractivity contribution in [2.24, 2.45) is 0 Å². The summed E-state index contributed by atoms with van der Waals surface area (Å²) < 4.78 is 0. The Morgan fingerprint density at radius 3 is 2.44 bits per heavy atom. The van der Waals surface area contributed by atoms with Gasteiger partial charge in [-0.25, -0.2) is 0 Å². The van der Waals surface area contributed by atoms with E-state index in [4.69, 9.17) is 0 Å². The van der Waals surface area contributed by atoms with Crippen LogP contribution in [0.1, 0.15) is 17.0 Å². The van der Waals surface area contributed by atoms with E-state index < -0.39 is 0 Å². The predicted octanol–water partition coefficient (Wildman–Crippen LogP) is 4.49. The first kappa shape index (κ1) is 10.8. The fourth-order valence-electron chi connectivity index (χ4n) is 2.45. The zero-order valence-electron chi connectivity index (χ0n) is 10.1. The summed E-state index contributed by atoms with van der Waals surface area (Å²) in [6.45, 7) is 3.99. The quantitative estimate of drug-likeness (QED) is 0.642. The van der Waals surface area contributed by atoms with Crippen LogP contribution in [-0.4, -0.2) is 4.98 Å². The minimum atomic E-state index is 0.238. The minimum Gasteiger partial charge on any atom is -0.361 e. The first-order valence-electron chi connectivity index (χ1n) is 6.13. The molecule has 0 aliphatic heterocycles. The molecule has 0 bridgehead atoms. The van der Waals surface area contributed by atoms with E-state index in [9.17, 15) is 0 Å². The Bertz CT molecular complexity index is 664. The lowest BCUT2D eigenvalue weighted by atomic mass is 9.91. The van der Waals surface area contributed by atoms with Gasteiger partial charge in [-0.2, -0.15) is 0 Å². The van der Waals surface area contributed by atoms with Gasteiger partial charge in [0.1, 0.15) is 0 Å². The third kappa shape index (κ3) is 1.74. The van der Waals surface area contributed by atoms with E-state index in [2.05, 4.69) is 60.2 Å². The number of hydrogen-bond acceptors (Lipinski definition) is 0. The maximum Gasteiger partial charge on any atom is 0.0457 e. The number of allylic oxidation sites excluding steroid dienone is 1. The van der Waals surface area contributed by atoms with E-state index in [1.54, 1.807) is 0 Å². The van der Waals surface area contributed by atoms with Crippen molar-refractivity contribution < 1.29 is 0 Å². The number of rotatable bonds is 3. The molecule has 1 atom stereocenters. The minimum absolute atomic E-state index is 0.238. The third-order valence-electron chi connectivity index (χ3n) is 3.35. The average Bonchev–Trinajstić information content (AvgIpc) is 2.85. The van der Waals surface area contributed by atoms with Crippen LogP contribution in [0.25, 0.3) is 10.9 Å². The van der Waals surface area contributed by atoms with Gasteiger partial charge in [-0.3, -0.25) is 0 Å². The van der Waals surface area contributed by atoms with E-state index in [-0.39, 0.29) is 5.92 Å². The lowest BCUT2D eigenvalue weighted by Gasteiger charge is -2.12. The first-order chi connectivity index (χ1) is 8.90. The SMILES string of the molecule is C=C[C@@H](c1ccccc1)c1c[nH]c2ccccc12. The third-order valence-corrected chi connectivity index (χ3v) is 3.35. The Hall–Kier alpha value is -2.28. The van der Waals surface area contributed by atoms with Crippen molar-refractivity contribution in [1.29, 1.82) is 0 Å². The van der Waals surface area contributed by atoms with Crippen LogP contribution in [0, 0.1) is 0 Å². The standard InChI is InChI=1S/C17H15N/c1-2-14(13-8-4-3-5-9-13)16-12-18-17-11-7-6-10-15(16)17/h2-12,14,18H,1H2/t14-/m0/s1. The highest BCUT2D eigenvalue weighted by Crippen LogP contribution is 2.31. The molecule has 1 aromatic heterocycles. The van der Waals surface area contributed by atoms with Crippen LogP contribution in [-0.2, 0) is 0 Å². The van der Waals surface area contributed by atoms with Gasteiger partial charge in [-0.15, -0.1) is 6.58 Å². The van der Waals surface area contributed by atoms with Gasteiger partial charge < -0.3 is 4.98 Å². The highest BCUT2D eigenvalue weighted by molar-refractivity contribution is 5.84. The normalized spacial score (nSPS) is 12.4. The highest BCUT2D eigenvalue weighted by Gasteiger charge is 2.13. The van der Waals surface area contributed by atoms with Crippen molar-refractivity contribution in [3.63, 3.8) is 0 Å². The molecule has 1 nitrogen and oxygen atoms in total. The molecule has 1 heteroatoms. The van der Waals surface area contributed by atoms with Gasteiger partial charge in [0.25, 0.3) is 0 Å². The van der Waals surface area contributed by atoms with Crippen molar-refractivity contribution in [3.05, 3.63) is 84.6 Å². The molecule has 0 aliphatic carbocycles.